The summed E-state index contributed by atoms with van der Waals surface area (Å²) in [5, 5.41) is 2.34. The van der Waals surface area contributed by atoms with E-state index in [1.54, 1.807) is 20.8 Å². The molecule has 0 fully saturated rings. The zero-order chi connectivity index (χ0) is 14.1. The maximum absolute atomic E-state index is 12.5. The zero-order valence-electron chi connectivity index (χ0n) is 10.2. The minimum absolute atomic E-state index is 0.0368. The molecule has 0 bridgehead atoms. The van der Waals surface area contributed by atoms with Gasteiger partial charge in [0, 0.05) is 16.1 Å². The van der Waals surface area contributed by atoms with Gasteiger partial charge in [0.05, 0.1) is 5.56 Å². The molecule has 1 N–H and O–H groups in total. The van der Waals surface area contributed by atoms with Crippen LogP contribution in [0.4, 0.5) is 18.9 Å². The Balaban J connectivity index is 3.05. The predicted octanol–water partition coefficient (Wildman–Crippen LogP) is 4.34. The van der Waals surface area contributed by atoms with Crippen molar-refractivity contribution in [3.8, 4) is 0 Å². The highest BCUT2D eigenvalue weighted by Crippen LogP contribution is 2.33. The van der Waals surface area contributed by atoms with Gasteiger partial charge >= 0.3 is 6.18 Å². The van der Waals surface area contributed by atoms with Crippen molar-refractivity contribution in [1.82, 2.24) is 0 Å². The maximum Gasteiger partial charge on any atom is 0.416 e. The van der Waals surface area contributed by atoms with Crippen LogP contribution in [0.15, 0.2) is 18.2 Å². The minimum Gasteiger partial charge on any atom is -0.326 e. The number of halogens is 4. The van der Waals surface area contributed by atoms with Gasteiger partial charge in [-0.3, -0.25) is 4.79 Å². The van der Waals surface area contributed by atoms with Gasteiger partial charge in [-0.2, -0.15) is 13.2 Å². The fraction of sp³-hybridized carbons (Fsp3) is 0.417. The number of anilines is 1. The smallest absolute Gasteiger partial charge is 0.326 e. The van der Waals surface area contributed by atoms with E-state index in [1.165, 1.54) is 6.07 Å². The Kier molecular flexibility index (Phi) is 3.96. The van der Waals surface area contributed by atoms with Crippen LogP contribution in [0.3, 0.4) is 0 Å². The van der Waals surface area contributed by atoms with Crippen LogP contribution in [-0.4, -0.2) is 5.91 Å². The van der Waals surface area contributed by atoms with Crippen molar-refractivity contribution in [2.45, 2.75) is 26.9 Å². The summed E-state index contributed by atoms with van der Waals surface area (Å²) in [7, 11) is 0. The molecule has 0 aliphatic rings. The van der Waals surface area contributed by atoms with Crippen LogP contribution < -0.4 is 5.32 Å². The lowest BCUT2D eigenvalue weighted by Gasteiger charge is -2.18. The van der Waals surface area contributed by atoms with Crippen LogP contribution in [0.1, 0.15) is 26.3 Å². The largest absolute Gasteiger partial charge is 0.416 e. The predicted molar refractivity (Wildman–Crippen MR) is 64.5 cm³/mol. The monoisotopic (exact) mass is 279 g/mol. The van der Waals surface area contributed by atoms with E-state index >= 15 is 0 Å². The second-order valence-corrected chi connectivity index (χ2v) is 5.37. The number of carbonyl (C=O) groups is 1. The number of carbonyl (C=O) groups excluding carboxylic acids is 1. The van der Waals surface area contributed by atoms with Crippen LogP contribution >= 0.6 is 11.6 Å². The summed E-state index contributed by atoms with van der Waals surface area (Å²) in [6.07, 6.45) is -4.49. The molecule has 100 valence electrons. The van der Waals surface area contributed by atoms with Gasteiger partial charge in [-0.1, -0.05) is 32.4 Å². The Bertz CT molecular complexity index is 463. The van der Waals surface area contributed by atoms with Gasteiger partial charge in [0.15, 0.2) is 0 Å². The van der Waals surface area contributed by atoms with Gasteiger partial charge in [0.25, 0.3) is 0 Å². The van der Waals surface area contributed by atoms with Crippen molar-refractivity contribution in [1.29, 1.82) is 0 Å². The third-order valence-corrected chi connectivity index (χ3v) is 2.38. The van der Waals surface area contributed by atoms with Gasteiger partial charge in [-0.25, -0.2) is 0 Å². The average Bonchev–Trinajstić information content (AvgIpc) is 2.13. The van der Waals surface area contributed by atoms with E-state index in [0.717, 1.165) is 12.1 Å². The number of rotatable bonds is 1. The van der Waals surface area contributed by atoms with Gasteiger partial charge in [0.1, 0.15) is 0 Å². The Morgan fingerprint density at radius 1 is 1.17 bits per heavy atom. The van der Waals surface area contributed by atoms with Gasteiger partial charge < -0.3 is 5.32 Å². The van der Waals surface area contributed by atoms with Crippen molar-refractivity contribution >= 4 is 23.2 Å². The third kappa shape index (κ3) is 3.91. The normalized spacial score (nSPS) is 12.4. The quantitative estimate of drug-likeness (QED) is 0.814. The number of benzene rings is 1. The molecule has 1 aromatic rings. The van der Waals surface area contributed by atoms with Gasteiger partial charge in [-0.05, 0) is 18.2 Å². The number of alkyl halides is 3. The molecule has 0 aliphatic carbocycles. The lowest BCUT2D eigenvalue weighted by molar-refractivity contribution is -0.137. The maximum atomic E-state index is 12.5. The standard InChI is InChI=1S/C12H13ClF3NO/c1-11(2,3)10(18)17-9-5-7(12(14,15)16)4-8(13)6-9/h4-6H,1-3H3,(H,17,18). The molecule has 0 spiro atoms. The van der Waals surface area contributed by atoms with E-state index < -0.39 is 17.2 Å². The number of nitrogens with one attached hydrogen (secondary N) is 1. The summed E-state index contributed by atoms with van der Waals surface area (Å²) in [4.78, 5) is 11.7. The molecule has 2 nitrogen and oxygen atoms in total. The molecular formula is C12H13ClF3NO. The Morgan fingerprint density at radius 2 is 1.72 bits per heavy atom. The molecule has 0 heterocycles. The summed E-state index contributed by atoms with van der Waals surface area (Å²) in [5.41, 5.74) is -1.55. The molecule has 1 amide bonds. The highest BCUT2D eigenvalue weighted by Gasteiger charge is 2.31. The molecule has 0 saturated carbocycles. The first kappa shape index (κ1) is 14.8. The summed E-state index contributed by atoms with van der Waals surface area (Å²) in [6.45, 7) is 4.99. The van der Waals surface area contributed by atoms with E-state index in [2.05, 4.69) is 5.32 Å². The lowest BCUT2D eigenvalue weighted by Crippen LogP contribution is -2.27. The molecule has 1 aromatic carbocycles. The SMILES string of the molecule is CC(C)(C)C(=O)Nc1cc(Cl)cc(C(F)(F)F)c1. The van der Waals surface area contributed by atoms with Crippen molar-refractivity contribution in [2.24, 2.45) is 5.41 Å². The molecule has 0 atom stereocenters. The molecule has 0 unspecified atom stereocenters. The molecule has 0 saturated heterocycles. The van der Waals surface area contributed by atoms with E-state index in [9.17, 15) is 18.0 Å². The molecule has 0 radical (unpaired) electrons. The molecule has 1 rings (SSSR count). The fourth-order valence-corrected chi connectivity index (χ4v) is 1.38. The summed E-state index contributed by atoms with van der Waals surface area (Å²) in [6, 6.07) is 2.95. The van der Waals surface area contributed by atoms with Crippen LogP contribution in [0, 0.1) is 5.41 Å². The Morgan fingerprint density at radius 3 is 2.17 bits per heavy atom. The second-order valence-electron chi connectivity index (χ2n) is 4.93. The number of amides is 1. The zero-order valence-corrected chi connectivity index (χ0v) is 10.9. The first-order valence-corrected chi connectivity index (χ1v) is 5.57. The highest BCUT2D eigenvalue weighted by molar-refractivity contribution is 6.31. The van der Waals surface area contributed by atoms with Crippen LogP contribution in [0.5, 0.6) is 0 Å². The molecule has 6 heteroatoms. The highest BCUT2D eigenvalue weighted by atomic mass is 35.5. The molecule has 0 aliphatic heterocycles. The van der Waals surface area contributed by atoms with E-state index in [0.29, 0.717) is 0 Å². The molecule has 0 aromatic heterocycles. The molecular weight excluding hydrogens is 267 g/mol. The number of hydrogen-bond acceptors (Lipinski definition) is 1. The minimum atomic E-state index is -4.49. The third-order valence-electron chi connectivity index (χ3n) is 2.16. The lowest BCUT2D eigenvalue weighted by atomic mass is 9.95. The van der Waals surface area contributed by atoms with E-state index in [-0.39, 0.29) is 16.6 Å². The summed E-state index contributed by atoms with van der Waals surface area (Å²) < 4.78 is 37.6. The first-order chi connectivity index (χ1) is 8.00. The van der Waals surface area contributed by atoms with Crippen LogP contribution in [-0.2, 0) is 11.0 Å². The van der Waals surface area contributed by atoms with Gasteiger partial charge in [-0.15, -0.1) is 0 Å². The first-order valence-electron chi connectivity index (χ1n) is 5.19. The number of hydrogen-bond donors (Lipinski definition) is 1. The fourth-order valence-electron chi connectivity index (χ4n) is 1.14. The van der Waals surface area contributed by atoms with Crippen LogP contribution in [0.25, 0.3) is 0 Å². The van der Waals surface area contributed by atoms with E-state index in [1.807, 2.05) is 0 Å². The van der Waals surface area contributed by atoms with Crippen molar-refractivity contribution in [2.75, 3.05) is 5.32 Å². The topological polar surface area (TPSA) is 29.1 Å². The second kappa shape index (κ2) is 4.80. The van der Waals surface area contributed by atoms with Gasteiger partial charge in [0.2, 0.25) is 5.91 Å². The van der Waals surface area contributed by atoms with Crippen molar-refractivity contribution < 1.29 is 18.0 Å². The average molecular weight is 280 g/mol. The van der Waals surface area contributed by atoms with Crippen LogP contribution in [0.2, 0.25) is 5.02 Å². The Hall–Kier alpha value is -1.23. The summed E-state index contributed by atoms with van der Waals surface area (Å²) in [5.74, 6) is -0.377. The summed E-state index contributed by atoms with van der Waals surface area (Å²) >= 11 is 5.60. The van der Waals surface area contributed by atoms with Crippen molar-refractivity contribution in [3.05, 3.63) is 28.8 Å². The van der Waals surface area contributed by atoms with Crippen molar-refractivity contribution in [3.63, 3.8) is 0 Å². The van der Waals surface area contributed by atoms with E-state index in [4.69, 9.17) is 11.6 Å². The Labute approximate surface area is 108 Å². The molecule has 18 heavy (non-hydrogen) atoms.